The van der Waals surface area contributed by atoms with Crippen molar-refractivity contribution in [3.8, 4) is 11.5 Å². The van der Waals surface area contributed by atoms with E-state index >= 15 is 0 Å². The third-order valence-electron chi connectivity index (χ3n) is 3.73. The predicted octanol–water partition coefficient (Wildman–Crippen LogP) is 2.92. The number of amides is 1. The van der Waals surface area contributed by atoms with Gasteiger partial charge in [0.15, 0.2) is 16.7 Å². The molecule has 1 aromatic carbocycles. The molecule has 2 heterocycles. The molecule has 138 valence electrons. The van der Waals surface area contributed by atoms with Gasteiger partial charge in [-0.1, -0.05) is 18.3 Å². The largest absolute Gasteiger partial charge is 0.504 e. The number of phenolic OH excluding ortho intramolecular Hbond substituents is 1. The summed E-state index contributed by atoms with van der Waals surface area (Å²) in [4.78, 5) is 27.0. The lowest BCUT2D eigenvalue weighted by molar-refractivity contribution is -0.115. The average Bonchev–Trinajstić information content (AvgIpc) is 3.05. The number of anilines is 2. The van der Waals surface area contributed by atoms with Crippen LogP contribution in [0.2, 0.25) is 0 Å². The zero-order valence-corrected chi connectivity index (χ0v) is 15.3. The van der Waals surface area contributed by atoms with Crippen LogP contribution < -0.4 is 15.8 Å². The Kier molecular flexibility index (Phi) is 5.05. The molecule has 3 rings (SSSR count). The van der Waals surface area contributed by atoms with Gasteiger partial charge in [-0.2, -0.15) is 0 Å². The number of nitrogen functional groups attached to an aromatic ring is 1. The molecule has 1 unspecified atom stereocenters. The highest BCUT2D eigenvalue weighted by Crippen LogP contribution is 2.31. The molecule has 0 spiro atoms. The highest BCUT2D eigenvalue weighted by atomic mass is 32.2. The van der Waals surface area contributed by atoms with Crippen LogP contribution in [0.5, 0.6) is 11.5 Å². The lowest BCUT2D eigenvalue weighted by Crippen LogP contribution is -2.22. The SMILES string of the molecule is [C-]#[N+]c1ncc2[nH]c(SC(C)C(=O)Nc3ccc(OC)c(O)c3)nc2c1N. The molecule has 2 aromatic heterocycles. The summed E-state index contributed by atoms with van der Waals surface area (Å²) in [6, 6.07) is 4.60. The van der Waals surface area contributed by atoms with E-state index in [9.17, 15) is 9.90 Å². The van der Waals surface area contributed by atoms with E-state index in [1.165, 1.54) is 31.1 Å². The van der Waals surface area contributed by atoms with Crippen LogP contribution in [0.15, 0.2) is 29.6 Å². The summed E-state index contributed by atoms with van der Waals surface area (Å²) < 4.78 is 4.97. The molecular weight excluding hydrogens is 368 g/mol. The molecule has 0 aliphatic carbocycles. The fraction of sp³-hybridized carbons (Fsp3) is 0.176. The fourth-order valence-electron chi connectivity index (χ4n) is 2.34. The molecule has 0 saturated carbocycles. The molecule has 1 amide bonds. The number of carbonyl (C=O) groups excluding carboxylic acids is 1. The maximum atomic E-state index is 12.4. The monoisotopic (exact) mass is 384 g/mol. The van der Waals surface area contributed by atoms with Gasteiger partial charge in [0.2, 0.25) is 5.91 Å². The lowest BCUT2D eigenvalue weighted by Gasteiger charge is -2.11. The number of nitrogens with two attached hydrogens (primary N) is 1. The van der Waals surface area contributed by atoms with E-state index in [0.29, 0.717) is 27.6 Å². The minimum atomic E-state index is -0.482. The summed E-state index contributed by atoms with van der Waals surface area (Å²) in [6.45, 7) is 8.77. The second kappa shape index (κ2) is 7.43. The van der Waals surface area contributed by atoms with Crippen molar-refractivity contribution in [2.24, 2.45) is 0 Å². The quantitative estimate of drug-likeness (QED) is 0.393. The van der Waals surface area contributed by atoms with Crippen LogP contribution >= 0.6 is 11.8 Å². The predicted molar refractivity (Wildman–Crippen MR) is 103 cm³/mol. The molecule has 0 fully saturated rings. The van der Waals surface area contributed by atoms with Crippen molar-refractivity contribution in [3.05, 3.63) is 35.8 Å². The molecule has 3 aromatic rings. The van der Waals surface area contributed by atoms with Gasteiger partial charge in [0.1, 0.15) is 17.2 Å². The Labute approximate surface area is 158 Å². The van der Waals surface area contributed by atoms with E-state index in [1.54, 1.807) is 19.1 Å². The number of carbonyl (C=O) groups is 1. The lowest BCUT2D eigenvalue weighted by atomic mass is 10.2. The molecule has 0 aliphatic rings. The number of thioether (sulfide) groups is 1. The number of benzene rings is 1. The van der Waals surface area contributed by atoms with Crippen LogP contribution in [0, 0.1) is 6.57 Å². The normalized spacial score (nSPS) is 11.7. The first-order chi connectivity index (χ1) is 12.9. The van der Waals surface area contributed by atoms with E-state index in [-0.39, 0.29) is 23.2 Å². The number of nitrogens with one attached hydrogen (secondary N) is 2. The Morgan fingerprint density at radius 3 is 2.96 bits per heavy atom. The number of H-pyrrole nitrogens is 1. The van der Waals surface area contributed by atoms with Gasteiger partial charge in [-0.05, 0) is 19.1 Å². The third kappa shape index (κ3) is 3.73. The van der Waals surface area contributed by atoms with Crippen LogP contribution in [0.4, 0.5) is 17.2 Å². The number of hydrogen-bond acceptors (Lipinski definition) is 7. The fourth-order valence-corrected chi connectivity index (χ4v) is 3.16. The van der Waals surface area contributed by atoms with E-state index in [0.717, 1.165) is 0 Å². The van der Waals surface area contributed by atoms with Gasteiger partial charge in [-0.3, -0.25) is 4.79 Å². The van der Waals surface area contributed by atoms with Crippen LogP contribution in [-0.2, 0) is 4.79 Å². The number of pyridine rings is 1. The third-order valence-corrected chi connectivity index (χ3v) is 4.72. The minimum Gasteiger partial charge on any atom is -0.504 e. The smallest absolute Gasteiger partial charge is 0.294 e. The summed E-state index contributed by atoms with van der Waals surface area (Å²) in [5, 5.41) is 12.5. The number of methoxy groups -OCH3 is 1. The molecule has 5 N–H and O–H groups in total. The van der Waals surface area contributed by atoms with Gasteiger partial charge in [-0.25, -0.2) is 4.98 Å². The Morgan fingerprint density at radius 2 is 2.30 bits per heavy atom. The van der Waals surface area contributed by atoms with Crippen molar-refractivity contribution in [1.82, 2.24) is 15.0 Å². The first-order valence-corrected chi connectivity index (χ1v) is 8.67. The number of aromatic amines is 1. The molecule has 0 saturated heterocycles. The summed E-state index contributed by atoms with van der Waals surface area (Å²) in [5.74, 6) is 0.0859. The maximum absolute atomic E-state index is 12.4. The van der Waals surface area contributed by atoms with Gasteiger partial charge in [0.05, 0.1) is 18.0 Å². The standard InChI is InChI=1S/C17H16N6O3S/c1-8(16(25)21-9-4-5-12(26-3)11(24)6-9)27-17-22-10-7-20-15(19-2)13(18)14(10)23-17/h4-8,24H,18H2,1,3H3,(H,21,25)(H,22,23). The summed E-state index contributed by atoms with van der Waals surface area (Å²) in [6.07, 6.45) is 1.49. The van der Waals surface area contributed by atoms with E-state index in [1.807, 2.05) is 0 Å². The van der Waals surface area contributed by atoms with Crippen molar-refractivity contribution in [1.29, 1.82) is 0 Å². The number of rotatable bonds is 5. The molecular formula is C17H16N6O3S. The number of aromatic hydroxyl groups is 1. The molecule has 0 aliphatic heterocycles. The Bertz CT molecular complexity index is 1060. The topological polar surface area (TPSA) is 131 Å². The van der Waals surface area contributed by atoms with Gasteiger partial charge < -0.3 is 30.7 Å². The number of fused-ring (bicyclic) bond motifs is 1. The van der Waals surface area contributed by atoms with Gasteiger partial charge in [0, 0.05) is 11.8 Å². The highest BCUT2D eigenvalue weighted by Gasteiger charge is 2.19. The zero-order valence-electron chi connectivity index (χ0n) is 14.5. The van der Waals surface area contributed by atoms with Crippen molar-refractivity contribution in [2.75, 3.05) is 18.2 Å². The van der Waals surface area contributed by atoms with Crippen molar-refractivity contribution < 1.29 is 14.6 Å². The maximum Gasteiger partial charge on any atom is 0.294 e. The van der Waals surface area contributed by atoms with Crippen molar-refractivity contribution in [2.45, 2.75) is 17.3 Å². The van der Waals surface area contributed by atoms with E-state index in [4.69, 9.17) is 17.0 Å². The number of aromatic nitrogens is 3. The van der Waals surface area contributed by atoms with Crippen molar-refractivity contribution in [3.63, 3.8) is 0 Å². The highest BCUT2D eigenvalue weighted by molar-refractivity contribution is 8.00. The summed E-state index contributed by atoms with van der Waals surface area (Å²) in [7, 11) is 1.45. The van der Waals surface area contributed by atoms with Crippen LogP contribution in [0.3, 0.4) is 0 Å². The second-order valence-electron chi connectivity index (χ2n) is 5.55. The number of nitrogens with zero attached hydrogens (tertiary/aromatic N) is 3. The molecule has 9 nitrogen and oxygen atoms in total. The first-order valence-electron chi connectivity index (χ1n) is 7.79. The van der Waals surface area contributed by atoms with Gasteiger partial charge >= 0.3 is 0 Å². The molecule has 0 bridgehead atoms. The average molecular weight is 384 g/mol. The number of ether oxygens (including phenoxy) is 1. The Balaban J connectivity index is 1.73. The molecule has 10 heteroatoms. The van der Waals surface area contributed by atoms with E-state index in [2.05, 4.69) is 25.1 Å². The Morgan fingerprint density at radius 1 is 1.52 bits per heavy atom. The van der Waals surface area contributed by atoms with Gasteiger partial charge in [-0.15, -0.1) is 4.98 Å². The molecule has 27 heavy (non-hydrogen) atoms. The van der Waals surface area contributed by atoms with E-state index < -0.39 is 5.25 Å². The number of phenols is 1. The number of imidazole rings is 1. The van der Waals surface area contributed by atoms with Crippen LogP contribution in [0.25, 0.3) is 15.9 Å². The minimum absolute atomic E-state index is 0.0634. The van der Waals surface area contributed by atoms with Crippen molar-refractivity contribution >= 4 is 45.9 Å². The first kappa shape index (κ1) is 18.3. The molecule has 1 atom stereocenters. The van der Waals surface area contributed by atoms with Crippen LogP contribution in [0.1, 0.15) is 6.92 Å². The van der Waals surface area contributed by atoms with Gasteiger partial charge in [0.25, 0.3) is 5.82 Å². The summed E-state index contributed by atoms with van der Waals surface area (Å²) >= 11 is 1.20. The van der Waals surface area contributed by atoms with Crippen LogP contribution in [-0.4, -0.2) is 38.3 Å². The second-order valence-corrected chi connectivity index (χ2v) is 6.88. The summed E-state index contributed by atoms with van der Waals surface area (Å²) in [5.41, 5.74) is 7.59. The molecule has 0 radical (unpaired) electrons. The zero-order chi connectivity index (χ0) is 19.6. The Hall–Kier alpha value is -3.45. The number of hydrogen-bond donors (Lipinski definition) is 4.